The summed E-state index contributed by atoms with van der Waals surface area (Å²) in [7, 11) is 8.51. The van der Waals surface area contributed by atoms with Gasteiger partial charge < -0.3 is 43.4 Å². The van der Waals surface area contributed by atoms with Gasteiger partial charge in [0.2, 0.25) is 11.8 Å². The molecule has 4 heterocycles. The smallest absolute Gasteiger partial charge is 0.409 e. The number of likely N-dealkylation sites (N-methyl/N-ethyl adjacent to an activating group) is 1. The molecule has 3 saturated heterocycles. The molecular weight excluding hydrogens is 884 g/mol. The van der Waals surface area contributed by atoms with Crippen LogP contribution < -0.4 is 15.0 Å². The van der Waals surface area contributed by atoms with Gasteiger partial charge in [0.1, 0.15) is 40.7 Å². The first-order valence-corrected chi connectivity index (χ1v) is 23.2. The maximum absolute atomic E-state index is 14.2. The molecule has 1 aromatic carbocycles. The minimum atomic E-state index is -1.87. The van der Waals surface area contributed by atoms with E-state index in [1.165, 1.54) is 59.6 Å². The summed E-state index contributed by atoms with van der Waals surface area (Å²) in [6.07, 6.45) is 0.489. The number of hydroxylamine groups is 2. The van der Waals surface area contributed by atoms with Gasteiger partial charge in [-0.1, -0.05) is 63.9 Å². The standard InChI is InChI=1S/C42H55ClN4O14S2/c1-23-10-9-11-30(57-8)42(55)22-29(58-40(54)44-42)24(2)38-41(4,60-38)31(21-35(51)46(6)27-19-26(18-23)20-28(56-7)37(27)43)59-39(53)25(3)45(5)32(48)14-16-62-63-17-15-36(52)61-47-33(49)12-13-34(47)50/h9-11,19-20,24-25,29-31,38,55H,12-18,21-22H2,1-8H3,(H,44,54)/b11-9+,23-10+/t24?,25-,29-,30+,31-,38-,41-,42-/m0/s1. The number of nitrogens with one attached hydrogen (secondary N) is 1. The Hall–Kier alpha value is -4.34. The van der Waals surface area contributed by atoms with Gasteiger partial charge in [-0.3, -0.25) is 24.5 Å². The van der Waals surface area contributed by atoms with E-state index in [1.54, 1.807) is 45.2 Å². The summed E-state index contributed by atoms with van der Waals surface area (Å²) in [5.41, 5.74) is -1.12. The normalized spacial score (nSPS) is 29.4. The van der Waals surface area contributed by atoms with Gasteiger partial charge in [0.05, 0.1) is 31.7 Å². The first-order chi connectivity index (χ1) is 29.7. The number of nitrogens with zero attached hydrogens (tertiary/aromatic N) is 3. The molecule has 0 spiro atoms. The Balaban J connectivity index is 1.31. The fourth-order valence-electron chi connectivity index (χ4n) is 7.57. The summed E-state index contributed by atoms with van der Waals surface area (Å²) < 4.78 is 29.3. The number of carbonyl (C=O) groups excluding carboxylic acids is 7. The van der Waals surface area contributed by atoms with E-state index in [9.17, 15) is 38.7 Å². The SMILES string of the molecule is COc1cc2cc(c1Cl)N(C)C(=O)C[C@H](OC(=O)[C@H](C)N(C)C(=O)CCSSCCC(=O)ON1C(=O)CCC1=O)[C@]1(C)O[C@H]1C(C)[C@@H]1C[C@@](O)(NC(=O)O1)[C@H](OC)/C=C/C=C(\C)C2. The van der Waals surface area contributed by atoms with Crippen LogP contribution in [0.4, 0.5) is 10.5 Å². The third-order valence-electron chi connectivity index (χ3n) is 11.6. The zero-order valence-corrected chi connectivity index (χ0v) is 38.9. The van der Waals surface area contributed by atoms with Crippen LogP contribution >= 0.6 is 33.2 Å². The maximum atomic E-state index is 14.2. The molecule has 0 saturated carbocycles. The van der Waals surface area contributed by atoms with E-state index in [-0.39, 0.29) is 49.5 Å². The van der Waals surface area contributed by atoms with Crippen molar-refractivity contribution in [1.29, 1.82) is 0 Å². The number of esters is 1. The number of aliphatic hydroxyl groups is 1. The first-order valence-electron chi connectivity index (χ1n) is 20.4. The molecule has 5 amide bonds. The molecule has 0 aliphatic carbocycles. The van der Waals surface area contributed by atoms with E-state index in [1.807, 2.05) is 13.0 Å². The van der Waals surface area contributed by atoms with Crippen molar-refractivity contribution in [2.24, 2.45) is 5.92 Å². The second kappa shape index (κ2) is 21.1. The average molecular weight is 940 g/mol. The zero-order valence-electron chi connectivity index (χ0n) is 36.5. The molecule has 0 aromatic heterocycles. The van der Waals surface area contributed by atoms with E-state index < -0.39 is 83.5 Å². The predicted octanol–water partition coefficient (Wildman–Crippen LogP) is 4.28. The molecule has 63 heavy (non-hydrogen) atoms. The molecule has 5 rings (SSSR count). The van der Waals surface area contributed by atoms with Crippen LogP contribution in [0.1, 0.15) is 71.8 Å². The third-order valence-corrected chi connectivity index (χ3v) is 14.4. The van der Waals surface area contributed by atoms with Crippen LogP contribution in [0.3, 0.4) is 0 Å². The molecular formula is C42H55ClN4O14S2. The second-order valence-electron chi connectivity index (χ2n) is 16.1. The Kier molecular flexibility index (Phi) is 16.6. The molecule has 3 fully saturated rings. The van der Waals surface area contributed by atoms with Crippen molar-refractivity contribution in [2.45, 2.75) is 114 Å². The zero-order chi connectivity index (χ0) is 46.4. The van der Waals surface area contributed by atoms with Crippen molar-refractivity contribution in [3.8, 4) is 5.75 Å². The summed E-state index contributed by atoms with van der Waals surface area (Å²) in [4.78, 5) is 97.2. The van der Waals surface area contributed by atoms with E-state index in [0.717, 1.165) is 11.1 Å². The van der Waals surface area contributed by atoms with Crippen LogP contribution in [0, 0.1) is 5.92 Å². The quantitative estimate of drug-likeness (QED) is 0.0927. The summed E-state index contributed by atoms with van der Waals surface area (Å²) in [6, 6.07) is 2.45. The van der Waals surface area contributed by atoms with Crippen LogP contribution in [0.25, 0.3) is 0 Å². The largest absolute Gasteiger partial charge is 0.495 e. The van der Waals surface area contributed by atoms with Crippen LogP contribution in [-0.4, -0.2) is 138 Å². The van der Waals surface area contributed by atoms with Gasteiger partial charge in [-0.15, -0.1) is 5.06 Å². The predicted molar refractivity (Wildman–Crippen MR) is 232 cm³/mol. The summed E-state index contributed by atoms with van der Waals surface area (Å²) >= 11 is 6.78. The number of anilines is 1. The number of fused-ring (bicyclic) bond motifs is 5. The first kappa shape index (κ1) is 49.7. The molecule has 1 aromatic rings. The highest BCUT2D eigenvalue weighted by atomic mass is 35.5. The number of hydrogen-bond donors (Lipinski definition) is 2. The van der Waals surface area contributed by atoms with Crippen LogP contribution in [0.5, 0.6) is 5.75 Å². The van der Waals surface area contributed by atoms with Crippen molar-refractivity contribution >= 4 is 80.5 Å². The summed E-state index contributed by atoms with van der Waals surface area (Å²) in [5.74, 6) is -3.09. The lowest BCUT2D eigenvalue weighted by molar-refractivity contribution is -0.197. The maximum Gasteiger partial charge on any atom is 0.409 e. The average Bonchev–Trinajstić information content (AvgIpc) is 3.84. The number of alkyl carbamates (subject to hydrolysis) is 1. The van der Waals surface area contributed by atoms with Gasteiger partial charge in [-0.2, -0.15) is 0 Å². The number of benzene rings is 1. The van der Waals surface area contributed by atoms with E-state index in [2.05, 4.69) is 5.32 Å². The van der Waals surface area contributed by atoms with Crippen LogP contribution in [-0.2, 0) is 59.0 Å². The number of rotatable bonds is 13. The fraction of sp³-hybridized carbons (Fsp3) is 0.595. The summed E-state index contributed by atoms with van der Waals surface area (Å²) in [5, 5.41) is 15.0. The molecule has 4 aliphatic heterocycles. The van der Waals surface area contributed by atoms with Crippen molar-refractivity contribution in [2.75, 3.05) is 44.7 Å². The Labute approximate surface area is 379 Å². The van der Waals surface area contributed by atoms with E-state index in [0.29, 0.717) is 34.4 Å². The highest BCUT2D eigenvalue weighted by Gasteiger charge is 2.64. The van der Waals surface area contributed by atoms with Crippen molar-refractivity contribution in [1.82, 2.24) is 15.3 Å². The topological polar surface area (TPSA) is 220 Å². The Morgan fingerprint density at radius 1 is 1.08 bits per heavy atom. The van der Waals surface area contributed by atoms with Crippen LogP contribution in [0.15, 0.2) is 35.9 Å². The van der Waals surface area contributed by atoms with Gasteiger partial charge in [-0.05, 0) is 44.9 Å². The molecule has 4 bridgehead atoms. The molecule has 346 valence electrons. The monoisotopic (exact) mass is 938 g/mol. The van der Waals surface area contributed by atoms with Gasteiger partial charge in [-0.25, -0.2) is 14.4 Å². The number of allylic oxidation sites excluding steroid dienone is 3. The van der Waals surface area contributed by atoms with Crippen LogP contribution in [0.2, 0.25) is 5.02 Å². The Bertz CT molecular complexity index is 2010. The lowest BCUT2D eigenvalue weighted by atomic mass is 9.83. The Morgan fingerprint density at radius 3 is 2.40 bits per heavy atom. The highest BCUT2D eigenvalue weighted by Crippen LogP contribution is 2.49. The third kappa shape index (κ3) is 11.9. The number of ether oxygens (including phenoxy) is 5. The van der Waals surface area contributed by atoms with E-state index >= 15 is 0 Å². The Morgan fingerprint density at radius 2 is 1.75 bits per heavy atom. The molecule has 0 radical (unpaired) electrons. The molecule has 2 N–H and O–H groups in total. The fourth-order valence-corrected chi connectivity index (χ4v) is 9.84. The number of methoxy groups -OCH3 is 2. The molecule has 8 atom stereocenters. The van der Waals surface area contributed by atoms with Crippen molar-refractivity contribution in [3.05, 3.63) is 46.5 Å². The minimum Gasteiger partial charge on any atom is -0.495 e. The minimum absolute atomic E-state index is 0.000490. The number of hydrogen-bond acceptors (Lipinski definition) is 16. The number of amides is 5. The van der Waals surface area contributed by atoms with Crippen molar-refractivity contribution in [3.63, 3.8) is 0 Å². The molecule has 1 unspecified atom stereocenters. The van der Waals surface area contributed by atoms with Gasteiger partial charge in [0, 0.05) is 64.3 Å². The number of halogens is 1. The van der Waals surface area contributed by atoms with Crippen molar-refractivity contribution < 1.29 is 67.2 Å². The molecule has 18 nitrogen and oxygen atoms in total. The molecule has 21 heteroatoms. The number of epoxide rings is 1. The van der Waals surface area contributed by atoms with Gasteiger partial charge in [0.15, 0.2) is 5.72 Å². The number of imide groups is 1. The second-order valence-corrected chi connectivity index (χ2v) is 19.2. The molecule has 4 aliphatic rings. The van der Waals surface area contributed by atoms with Gasteiger partial charge >= 0.3 is 18.0 Å². The highest BCUT2D eigenvalue weighted by molar-refractivity contribution is 8.76. The summed E-state index contributed by atoms with van der Waals surface area (Å²) in [6.45, 7) is 6.86. The van der Waals surface area contributed by atoms with Gasteiger partial charge in [0.25, 0.3) is 11.8 Å². The van der Waals surface area contributed by atoms with E-state index in [4.69, 9.17) is 40.1 Å². The number of carbonyl (C=O) groups is 7. The lowest BCUT2D eigenvalue weighted by Crippen LogP contribution is -2.63. The lowest BCUT2D eigenvalue weighted by Gasteiger charge is -2.42.